The fraction of sp³-hybridized carbons (Fsp3) is 0.778. The normalized spacial score (nSPS) is 11.8. The number of ether oxygens (including phenoxy) is 1. The first-order valence-corrected chi connectivity index (χ1v) is 6.09. The lowest BCUT2D eigenvalue weighted by atomic mass is 10.4. The van der Waals surface area contributed by atoms with Gasteiger partial charge in [-0.2, -0.15) is 5.10 Å². The third-order valence-corrected chi connectivity index (χ3v) is 2.38. The second-order valence-corrected chi connectivity index (χ2v) is 4.37. The van der Waals surface area contributed by atoms with Crippen LogP contribution in [0.5, 0.6) is 0 Å². The van der Waals surface area contributed by atoms with Gasteiger partial charge in [0.05, 0.1) is 11.9 Å². The van der Waals surface area contributed by atoms with Crippen LogP contribution in [0.15, 0.2) is 5.10 Å². The van der Waals surface area contributed by atoms with E-state index < -0.39 is 0 Å². The Bertz CT molecular complexity index is 234. The second-order valence-electron chi connectivity index (χ2n) is 3.38. The molecule has 0 rings (SSSR count). The highest BCUT2D eigenvalue weighted by atomic mass is 32.2. The van der Waals surface area contributed by atoms with Crippen LogP contribution in [0.4, 0.5) is 0 Å². The average Bonchev–Trinajstić information content (AvgIpc) is 2.24. The van der Waals surface area contributed by atoms with Gasteiger partial charge in [-0.05, 0) is 20.3 Å². The van der Waals surface area contributed by atoms with E-state index in [-0.39, 0.29) is 22.9 Å². The van der Waals surface area contributed by atoms with E-state index in [1.54, 1.807) is 0 Å². The number of carbonyl (C=O) groups excluding carboxylic acids is 1. The number of rotatable bonds is 7. The van der Waals surface area contributed by atoms with Crippen LogP contribution in [0.2, 0.25) is 0 Å². The van der Waals surface area contributed by atoms with Crippen molar-refractivity contribution >= 4 is 22.8 Å². The quantitative estimate of drug-likeness (QED) is 0.191. The molecule has 0 saturated heterocycles. The molecule has 0 aromatic heterocycles. The molecular weight excluding hydrogens is 228 g/mol. The van der Waals surface area contributed by atoms with Gasteiger partial charge in [0.1, 0.15) is 0 Å². The highest BCUT2D eigenvalue weighted by Crippen LogP contribution is 1.97. The Morgan fingerprint density at radius 1 is 1.56 bits per heavy atom. The number of nitrogens with one attached hydrogen (secondary N) is 1. The molecule has 0 saturated carbocycles. The molecule has 0 spiro atoms. The van der Waals surface area contributed by atoms with Crippen LogP contribution >= 0.6 is 11.8 Å². The Hall–Kier alpha value is -0.950. The Morgan fingerprint density at radius 2 is 2.25 bits per heavy atom. The molecular formula is C9H20N4O2S. The Balaban J connectivity index is 3.37. The van der Waals surface area contributed by atoms with Crippen molar-refractivity contribution < 1.29 is 9.53 Å². The Kier molecular flexibility index (Phi) is 8.74. The molecule has 0 fully saturated rings. The summed E-state index contributed by atoms with van der Waals surface area (Å²) in [6, 6.07) is 0. The standard InChI is InChI=1S/C9H20N4O2S/c1-7(2)15-5-3-4-12-8(14)6-16-9(10)13-11/h7H,3-6,11H2,1-2H3,(H2,10,13)(H,12,14). The molecule has 0 radical (unpaired) electrons. The fourth-order valence-electron chi connectivity index (χ4n) is 0.847. The SMILES string of the molecule is CC(C)OCCCNC(=O)CSC(N)=NN. The van der Waals surface area contributed by atoms with Gasteiger partial charge in [0.2, 0.25) is 5.91 Å². The minimum absolute atomic E-state index is 0.0823. The number of carbonyl (C=O) groups is 1. The summed E-state index contributed by atoms with van der Waals surface area (Å²) in [4.78, 5) is 11.2. The highest BCUT2D eigenvalue weighted by Gasteiger charge is 2.02. The summed E-state index contributed by atoms with van der Waals surface area (Å²) in [5, 5.41) is 6.20. The summed E-state index contributed by atoms with van der Waals surface area (Å²) < 4.78 is 5.33. The van der Waals surface area contributed by atoms with Crippen molar-refractivity contribution in [2.45, 2.75) is 26.4 Å². The largest absolute Gasteiger partial charge is 0.379 e. The van der Waals surface area contributed by atoms with E-state index in [4.69, 9.17) is 16.3 Å². The predicted octanol–water partition coefficient (Wildman–Crippen LogP) is -0.161. The maximum absolute atomic E-state index is 11.2. The van der Waals surface area contributed by atoms with Crippen molar-refractivity contribution in [3.63, 3.8) is 0 Å². The Morgan fingerprint density at radius 3 is 2.81 bits per heavy atom. The molecule has 0 aromatic carbocycles. The molecule has 0 bridgehead atoms. The zero-order chi connectivity index (χ0) is 12.4. The highest BCUT2D eigenvalue weighted by molar-refractivity contribution is 8.14. The third-order valence-electron chi connectivity index (χ3n) is 1.57. The molecule has 0 aliphatic rings. The van der Waals surface area contributed by atoms with E-state index in [1.807, 2.05) is 13.8 Å². The van der Waals surface area contributed by atoms with Gasteiger partial charge in [-0.1, -0.05) is 11.8 Å². The molecule has 0 aliphatic carbocycles. The molecule has 0 unspecified atom stereocenters. The lowest BCUT2D eigenvalue weighted by Crippen LogP contribution is -2.28. The van der Waals surface area contributed by atoms with Crippen molar-refractivity contribution in [2.24, 2.45) is 16.7 Å². The monoisotopic (exact) mass is 248 g/mol. The van der Waals surface area contributed by atoms with E-state index in [1.165, 1.54) is 0 Å². The van der Waals surface area contributed by atoms with Crippen molar-refractivity contribution in [3.8, 4) is 0 Å². The molecule has 7 heteroatoms. The Labute approximate surface area is 100 Å². The van der Waals surface area contributed by atoms with Gasteiger partial charge in [-0.25, -0.2) is 0 Å². The lowest BCUT2D eigenvalue weighted by molar-refractivity contribution is -0.118. The van der Waals surface area contributed by atoms with Gasteiger partial charge in [-0.3, -0.25) is 4.79 Å². The maximum atomic E-state index is 11.2. The van der Waals surface area contributed by atoms with Gasteiger partial charge in [0, 0.05) is 13.2 Å². The molecule has 16 heavy (non-hydrogen) atoms. The number of amidine groups is 1. The average molecular weight is 248 g/mol. The van der Waals surface area contributed by atoms with Gasteiger partial charge < -0.3 is 21.6 Å². The maximum Gasteiger partial charge on any atom is 0.230 e. The summed E-state index contributed by atoms with van der Waals surface area (Å²) in [6.45, 7) is 5.21. The van der Waals surface area contributed by atoms with Crippen LogP contribution in [-0.4, -0.2) is 36.1 Å². The molecule has 0 heterocycles. The van der Waals surface area contributed by atoms with Crippen molar-refractivity contribution in [1.82, 2.24) is 5.32 Å². The first-order valence-electron chi connectivity index (χ1n) is 5.10. The first kappa shape index (κ1) is 15.0. The van der Waals surface area contributed by atoms with Crippen molar-refractivity contribution in [1.29, 1.82) is 0 Å². The van der Waals surface area contributed by atoms with E-state index in [9.17, 15) is 4.79 Å². The van der Waals surface area contributed by atoms with Gasteiger partial charge in [0.15, 0.2) is 5.17 Å². The van der Waals surface area contributed by atoms with Crippen molar-refractivity contribution in [3.05, 3.63) is 0 Å². The number of nitrogens with zero attached hydrogens (tertiary/aromatic N) is 1. The second kappa shape index (κ2) is 9.29. The molecule has 5 N–H and O–H groups in total. The zero-order valence-corrected chi connectivity index (χ0v) is 10.5. The minimum atomic E-state index is -0.0823. The van der Waals surface area contributed by atoms with Gasteiger partial charge in [-0.15, -0.1) is 0 Å². The smallest absolute Gasteiger partial charge is 0.230 e. The van der Waals surface area contributed by atoms with Gasteiger partial charge in [0.25, 0.3) is 0 Å². The molecule has 0 atom stereocenters. The van der Waals surface area contributed by atoms with Gasteiger partial charge >= 0.3 is 0 Å². The minimum Gasteiger partial charge on any atom is -0.379 e. The number of thioether (sulfide) groups is 1. The number of amides is 1. The first-order chi connectivity index (χ1) is 7.56. The number of hydrogen-bond acceptors (Lipinski definition) is 5. The van der Waals surface area contributed by atoms with E-state index in [0.717, 1.165) is 18.2 Å². The lowest BCUT2D eigenvalue weighted by Gasteiger charge is -2.07. The fourth-order valence-corrected chi connectivity index (χ4v) is 1.30. The molecule has 6 nitrogen and oxygen atoms in total. The van der Waals surface area contributed by atoms with Crippen LogP contribution in [0.3, 0.4) is 0 Å². The van der Waals surface area contributed by atoms with E-state index >= 15 is 0 Å². The molecule has 0 aliphatic heterocycles. The molecule has 1 amide bonds. The third kappa shape index (κ3) is 9.60. The molecule has 94 valence electrons. The summed E-state index contributed by atoms with van der Waals surface area (Å²) >= 11 is 1.11. The zero-order valence-electron chi connectivity index (χ0n) is 9.73. The van der Waals surface area contributed by atoms with E-state index in [0.29, 0.717) is 13.2 Å². The van der Waals surface area contributed by atoms with Crippen LogP contribution in [0.1, 0.15) is 20.3 Å². The van der Waals surface area contributed by atoms with Crippen LogP contribution < -0.4 is 16.9 Å². The molecule has 0 aromatic rings. The van der Waals surface area contributed by atoms with Crippen LogP contribution in [-0.2, 0) is 9.53 Å². The van der Waals surface area contributed by atoms with Crippen molar-refractivity contribution in [2.75, 3.05) is 18.9 Å². The summed E-state index contributed by atoms with van der Waals surface area (Å²) in [5.41, 5.74) is 5.32. The van der Waals surface area contributed by atoms with Crippen LogP contribution in [0.25, 0.3) is 0 Å². The van der Waals surface area contributed by atoms with E-state index in [2.05, 4.69) is 10.4 Å². The topological polar surface area (TPSA) is 103 Å². The number of hydrogen-bond donors (Lipinski definition) is 3. The number of hydrazone groups is 1. The van der Waals surface area contributed by atoms with Crippen LogP contribution in [0, 0.1) is 0 Å². The summed E-state index contributed by atoms with van der Waals surface area (Å²) in [6.07, 6.45) is 1.03. The summed E-state index contributed by atoms with van der Waals surface area (Å²) in [7, 11) is 0. The predicted molar refractivity (Wildman–Crippen MR) is 67.0 cm³/mol. The summed E-state index contributed by atoms with van der Waals surface area (Å²) in [5.74, 6) is 5.07. The number of nitrogens with two attached hydrogens (primary N) is 2.